The third-order valence-electron chi connectivity index (χ3n) is 4.62. The molecule has 4 aromatic rings. The second-order valence-corrected chi connectivity index (χ2v) is 6.21. The molecule has 0 aromatic heterocycles. The normalized spacial score (nSPS) is 10.8. The van der Waals surface area contributed by atoms with Gasteiger partial charge in [-0.05, 0) is 27.8 Å². The van der Waals surface area contributed by atoms with Crippen LogP contribution in [0.1, 0.15) is 22.6 Å². The van der Waals surface area contributed by atoms with Gasteiger partial charge in [-0.1, -0.05) is 115 Å². The summed E-state index contributed by atoms with van der Waals surface area (Å²) in [5, 5.41) is 0. The quantitative estimate of drug-likeness (QED) is 0.375. The summed E-state index contributed by atoms with van der Waals surface area (Å²) < 4.78 is 0. The average Bonchev–Trinajstić information content (AvgIpc) is 2.71. The van der Waals surface area contributed by atoms with Crippen LogP contribution in [0.25, 0.3) is 11.1 Å². The summed E-state index contributed by atoms with van der Waals surface area (Å²) >= 11 is 0. The summed E-state index contributed by atoms with van der Waals surface area (Å²) in [6, 6.07) is 40.9. The Hall–Kier alpha value is -3.12. The SMILES string of the molecule is c1ccc(-c2ccccc2C(c2ccccc2)c2ccccc2)cc1. The van der Waals surface area contributed by atoms with Crippen molar-refractivity contribution in [2.24, 2.45) is 0 Å². The fourth-order valence-electron chi connectivity index (χ4n) is 3.47. The van der Waals surface area contributed by atoms with Crippen LogP contribution in [0, 0.1) is 0 Å². The molecule has 4 rings (SSSR count). The first-order valence-corrected chi connectivity index (χ1v) is 8.68. The highest BCUT2D eigenvalue weighted by Gasteiger charge is 2.19. The average molecular weight is 320 g/mol. The van der Waals surface area contributed by atoms with Gasteiger partial charge in [0.05, 0.1) is 0 Å². The van der Waals surface area contributed by atoms with E-state index in [1.165, 1.54) is 27.8 Å². The van der Waals surface area contributed by atoms with E-state index in [-0.39, 0.29) is 5.92 Å². The smallest absolute Gasteiger partial charge is 0.0346 e. The third kappa shape index (κ3) is 3.25. The van der Waals surface area contributed by atoms with E-state index in [1.807, 2.05) is 0 Å². The molecule has 0 aliphatic heterocycles. The Balaban J connectivity index is 1.93. The van der Waals surface area contributed by atoms with E-state index in [2.05, 4.69) is 115 Å². The highest BCUT2D eigenvalue weighted by Crippen LogP contribution is 2.37. The minimum atomic E-state index is 0.221. The molecule has 120 valence electrons. The van der Waals surface area contributed by atoms with Gasteiger partial charge >= 0.3 is 0 Å². The fraction of sp³-hybridized carbons (Fsp3) is 0.0400. The molecule has 0 nitrogen and oxygen atoms in total. The van der Waals surface area contributed by atoms with E-state index < -0.39 is 0 Å². The third-order valence-corrected chi connectivity index (χ3v) is 4.62. The Bertz CT molecular complexity index is 886. The topological polar surface area (TPSA) is 0 Å². The van der Waals surface area contributed by atoms with Crippen LogP contribution < -0.4 is 0 Å². The standard InChI is InChI=1S/C25H20/c1-4-12-20(13-5-1)23-18-10-11-19-24(23)25(21-14-6-2-7-15-21)22-16-8-3-9-17-22/h1-19,25H. The molecule has 0 saturated heterocycles. The molecular formula is C25H20. The van der Waals surface area contributed by atoms with Gasteiger partial charge in [-0.15, -0.1) is 0 Å². The van der Waals surface area contributed by atoms with Gasteiger partial charge in [0.25, 0.3) is 0 Å². The molecule has 0 saturated carbocycles. The molecule has 0 spiro atoms. The first-order valence-electron chi connectivity index (χ1n) is 8.68. The number of benzene rings is 4. The monoisotopic (exact) mass is 320 g/mol. The Morgan fingerprint density at radius 3 is 1.40 bits per heavy atom. The molecule has 0 unspecified atom stereocenters. The van der Waals surface area contributed by atoms with Crippen LogP contribution in [0.5, 0.6) is 0 Å². The van der Waals surface area contributed by atoms with E-state index in [0.29, 0.717) is 0 Å². The van der Waals surface area contributed by atoms with Crippen molar-refractivity contribution in [1.29, 1.82) is 0 Å². The van der Waals surface area contributed by atoms with Crippen LogP contribution in [0.4, 0.5) is 0 Å². The number of hydrogen-bond acceptors (Lipinski definition) is 0. The summed E-state index contributed by atoms with van der Waals surface area (Å²) in [7, 11) is 0. The molecule has 4 aromatic carbocycles. The van der Waals surface area contributed by atoms with Gasteiger partial charge in [0, 0.05) is 5.92 Å². The molecule has 0 N–H and O–H groups in total. The summed E-state index contributed by atoms with van der Waals surface area (Å²) in [4.78, 5) is 0. The second kappa shape index (κ2) is 7.19. The van der Waals surface area contributed by atoms with Gasteiger partial charge in [0.15, 0.2) is 0 Å². The van der Waals surface area contributed by atoms with E-state index in [1.54, 1.807) is 0 Å². The molecule has 0 fully saturated rings. The van der Waals surface area contributed by atoms with Crippen molar-refractivity contribution in [3.05, 3.63) is 132 Å². The highest BCUT2D eigenvalue weighted by molar-refractivity contribution is 5.70. The Labute approximate surface area is 149 Å². The molecule has 0 bridgehead atoms. The van der Waals surface area contributed by atoms with Crippen molar-refractivity contribution >= 4 is 0 Å². The van der Waals surface area contributed by atoms with Gasteiger partial charge in [-0.2, -0.15) is 0 Å². The van der Waals surface area contributed by atoms with E-state index in [4.69, 9.17) is 0 Å². The molecule has 0 atom stereocenters. The molecule has 25 heavy (non-hydrogen) atoms. The van der Waals surface area contributed by atoms with Crippen molar-refractivity contribution in [2.75, 3.05) is 0 Å². The zero-order chi connectivity index (χ0) is 16.9. The van der Waals surface area contributed by atoms with Gasteiger partial charge in [-0.25, -0.2) is 0 Å². The summed E-state index contributed by atoms with van der Waals surface area (Å²) in [5.74, 6) is 0.221. The van der Waals surface area contributed by atoms with Gasteiger partial charge in [0.1, 0.15) is 0 Å². The highest BCUT2D eigenvalue weighted by atomic mass is 14.2. The van der Waals surface area contributed by atoms with Crippen molar-refractivity contribution in [3.8, 4) is 11.1 Å². The van der Waals surface area contributed by atoms with Crippen LogP contribution in [0.3, 0.4) is 0 Å². The summed E-state index contributed by atoms with van der Waals surface area (Å²) in [5.41, 5.74) is 6.52. The van der Waals surface area contributed by atoms with Gasteiger partial charge in [0.2, 0.25) is 0 Å². The van der Waals surface area contributed by atoms with Crippen molar-refractivity contribution in [2.45, 2.75) is 5.92 Å². The van der Waals surface area contributed by atoms with Crippen LogP contribution in [0.15, 0.2) is 115 Å². The molecule has 0 aliphatic rings. The van der Waals surface area contributed by atoms with E-state index >= 15 is 0 Å². The fourth-order valence-corrected chi connectivity index (χ4v) is 3.47. The number of rotatable bonds is 4. The molecule has 0 heteroatoms. The van der Waals surface area contributed by atoms with Gasteiger partial charge in [-0.3, -0.25) is 0 Å². The summed E-state index contributed by atoms with van der Waals surface area (Å²) in [6.45, 7) is 0. The minimum Gasteiger partial charge on any atom is -0.0622 e. The van der Waals surface area contributed by atoms with Crippen molar-refractivity contribution in [3.63, 3.8) is 0 Å². The molecule has 0 heterocycles. The first-order chi connectivity index (χ1) is 12.4. The predicted octanol–water partition coefficient (Wildman–Crippen LogP) is 6.53. The maximum Gasteiger partial charge on any atom is 0.0346 e. The number of hydrogen-bond donors (Lipinski definition) is 0. The minimum absolute atomic E-state index is 0.221. The second-order valence-electron chi connectivity index (χ2n) is 6.21. The first kappa shape index (κ1) is 15.4. The van der Waals surface area contributed by atoms with Crippen LogP contribution in [0.2, 0.25) is 0 Å². The Kier molecular flexibility index (Phi) is 4.43. The zero-order valence-corrected chi connectivity index (χ0v) is 14.0. The largest absolute Gasteiger partial charge is 0.0622 e. The molecule has 0 radical (unpaired) electrons. The lowest BCUT2D eigenvalue weighted by atomic mass is 9.81. The lowest BCUT2D eigenvalue weighted by molar-refractivity contribution is 0.980. The van der Waals surface area contributed by atoms with E-state index in [9.17, 15) is 0 Å². The Morgan fingerprint density at radius 1 is 0.400 bits per heavy atom. The maximum atomic E-state index is 2.26. The molecule has 0 aliphatic carbocycles. The van der Waals surface area contributed by atoms with Crippen molar-refractivity contribution < 1.29 is 0 Å². The Morgan fingerprint density at radius 2 is 0.840 bits per heavy atom. The van der Waals surface area contributed by atoms with Crippen molar-refractivity contribution in [1.82, 2.24) is 0 Å². The van der Waals surface area contributed by atoms with Crippen LogP contribution in [-0.4, -0.2) is 0 Å². The van der Waals surface area contributed by atoms with E-state index in [0.717, 1.165) is 0 Å². The molecule has 0 amide bonds. The predicted molar refractivity (Wildman–Crippen MR) is 106 cm³/mol. The zero-order valence-electron chi connectivity index (χ0n) is 14.0. The van der Waals surface area contributed by atoms with Crippen LogP contribution in [-0.2, 0) is 0 Å². The lowest BCUT2D eigenvalue weighted by Crippen LogP contribution is -2.05. The summed E-state index contributed by atoms with van der Waals surface area (Å²) in [6.07, 6.45) is 0. The maximum absolute atomic E-state index is 2.26. The molecular weight excluding hydrogens is 300 g/mol. The van der Waals surface area contributed by atoms with Crippen LogP contribution >= 0.6 is 0 Å². The van der Waals surface area contributed by atoms with Gasteiger partial charge < -0.3 is 0 Å². The lowest BCUT2D eigenvalue weighted by Gasteiger charge is -2.22.